The van der Waals surface area contributed by atoms with Gasteiger partial charge >= 0.3 is 0 Å². The van der Waals surface area contributed by atoms with Crippen molar-refractivity contribution in [2.24, 2.45) is 0 Å². The Bertz CT molecular complexity index is 995. The van der Waals surface area contributed by atoms with Crippen molar-refractivity contribution in [1.29, 1.82) is 0 Å². The van der Waals surface area contributed by atoms with Crippen molar-refractivity contribution in [3.05, 3.63) is 64.2 Å². The lowest BCUT2D eigenvalue weighted by atomic mass is 10.0. The van der Waals surface area contributed by atoms with Gasteiger partial charge in [0.15, 0.2) is 5.11 Å². The molecule has 2 aromatic carbocycles. The standard InChI is InChI=1S/C21H20N2O3S/c1-12-5-7-17(13(2)9-12)23-20(25)16(19(24)22-21(23)27)11-15-6-8-18(26-4)14(3)10-15/h5-11H,1-4H3,(H,22,24,27)/b16-11-. The van der Waals surface area contributed by atoms with Crippen molar-refractivity contribution < 1.29 is 14.3 Å². The van der Waals surface area contributed by atoms with E-state index in [-0.39, 0.29) is 10.7 Å². The number of methoxy groups -OCH3 is 1. The highest BCUT2D eigenvalue weighted by molar-refractivity contribution is 7.80. The number of benzene rings is 2. The SMILES string of the molecule is COc1ccc(/C=C2/C(=O)NC(=S)N(c3ccc(C)cc3C)C2=O)cc1C. The van der Waals surface area contributed by atoms with Crippen molar-refractivity contribution >= 4 is 40.9 Å². The number of amides is 2. The molecule has 0 unspecified atom stereocenters. The van der Waals surface area contributed by atoms with E-state index in [9.17, 15) is 9.59 Å². The first kappa shape index (κ1) is 18.8. The van der Waals surface area contributed by atoms with Crippen LogP contribution < -0.4 is 15.0 Å². The molecule has 1 fully saturated rings. The van der Waals surface area contributed by atoms with Crippen LogP contribution in [-0.4, -0.2) is 24.0 Å². The third-order valence-electron chi connectivity index (χ3n) is 4.42. The zero-order chi connectivity index (χ0) is 19.7. The van der Waals surface area contributed by atoms with Crippen molar-refractivity contribution in [3.63, 3.8) is 0 Å². The predicted octanol–water partition coefficient (Wildman–Crippen LogP) is 3.45. The largest absolute Gasteiger partial charge is 0.496 e. The summed E-state index contributed by atoms with van der Waals surface area (Å²) in [6.45, 7) is 5.79. The molecule has 0 saturated carbocycles. The minimum Gasteiger partial charge on any atom is -0.496 e. The van der Waals surface area contributed by atoms with E-state index in [4.69, 9.17) is 17.0 Å². The Morgan fingerprint density at radius 3 is 2.41 bits per heavy atom. The number of thiocarbonyl (C=S) groups is 1. The van der Waals surface area contributed by atoms with Crippen LogP contribution in [0.2, 0.25) is 0 Å². The highest BCUT2D eigenvalue weighted by Gasteiger charge is 2.35. The van der Waals surface area contributed by atoms with Crippen LogP contribution in [0.5, 0.6) is 5.75 Å². The Balaban J connectivity index is 2.03. The fourth-order valence-electron chi connectivity index (χ4n) is 3.09. The molecule has 2 amide bonds. The Hall–Kier alpha value is -2.99. The summed E-state index contributed by atoms with van der Waals surface area (Å²) in [4.78, 5) is 26.9. The molecule has 3 rings (SSSR count). The Kier molecular flexibility index (Phi) is 5.10. The lowest BCUT2D eigenvalue weighted by molar-refractivity contribution is -0.122. The van der Waals surface area contributed by atoms with Crippen LogP contribution in [0.3, 0.4) is 0 Å². The van der Waals surface area contributed by atoms with Crippen molar-refractivity contribution in [1.82, 2.24) is 5.32 Å². The van der Waals surface area contributed by atoms with E-state index < -0.39 is 11.8 Å². The molecule has 6 heteroatoms. The summed E-state index contributed by atoms with van der Waals surface area (Å²) >= 11 is 5.26. The number of ether oxygens (including phenoxy) is 1. The van der Waals surface area contributed by atoms with Gasteiger partial charge in [0.05, 0.1) is 12.8 Å². The summed E-state index contributed by atoms with van der Waals surface area (Å²) in [6.07, 6.45) is 1.57. The number of anilines is 1. The molecule has 0 radical (unpaired) electrons. The van der Waals surface area contributed by atoms with Crippen molar-refractivity contribution in [3.8, 4) is 5.75 Å². The van der Waals surface area contributed by atoms with E-state index in [2.05, 4.69) is 5.32 Å². The van der Waals surface area contributed by atoms with Gasteiger partial charge in [0.1, 0.15) is 11.3 Å². The molecule has 1 aliphatic rings. The molecular formula is C21H20N2O3S. The lowest BCUT2D eigenvalue weighted by Gasteiger charge is -2.30. The third-order valence-corrected chi connectivity index (χ3v) is 4.71. The number of hydrogen-bond acceptors (Lipinski definition) is 4. The molecule has 0 aliphatic carbocycles. The molecule has 2 aromatic rings. The van der Waals surface area contributed by atoms with E-state index in [0.717, 1.165) is 28.0 Å². The van der Waals surface area contributed by atoms with Crippen LogP contribution in [-0.2, 0) is 9.59 Å². The predicted molar refractivity (Wildman–Crippen MR) is 110 cm³/mol. The van der Waals surface area contributed by atoms with E-state index in [1.165, 1.54) is 4.90 Å². The fraction of sp³-hybridized carbons (Fsp3) is 0.190. The molecule has 0 bridgehead atoms. The van der Waals surface area contributed by atoms with Crippen LogP contribution >= 0.6 is 12.2 Å². The minimum absolute atomic E-state index is 0.0353. The number of carbonyl (C=O) groups excluding carboxylic acids is 2. The average Bonchev–Trinajstić information content (AvgIpc) is 2.60. The molecule has 27 heavy (non-hydrogen) atoms. The van der Waals surface area contributed by atoms with Gasteiger partial charge in [0.25, 0.3) is 11.8 Å². The second-order valence-electron chi connectivity index (χ2n) is 6.48. The van der Waals surface area contributed by atoms with Gasteiger partial charge in [0.2, 0.25) is 0 Å². The minimum atomic E-state index is -0.500. The second-order valence-corrected chi connectivity index (χ2v) is 6.86. The van der Waals surface area contributed by atoms with Gasteiger partial charge in [-0.3, -0.25) is 19.8 Å². The molecule has 1 saturated heterocycles. The number of nitrogens with one attached hydrogen (secondary N) is 1. The Labute approximate surface area is 163 Å². The molecular weight excluding hydrogens is 360 g/mol. The molecule has 1 aliphatic heterocycles. The lowest BCUT2D eigenvalue weighted by Crippen LogP contribution is -2.54. The van der Waals surface area contributed by atoms with Crippen LogP contribution in [0.4, 0.5) is 5.69 Å². The normalized spacial score (nSPS) is 15.9. The third kappa shape index (κ3) is 3.61. The number of aryl methyl sites for hydroxylation is 3. The summed E-state index contributed by atoms with van der Waals surface area (Å²) in [6, 6.07) is 11.2. The van der Waals surface area contributed by atoms with Crippen molar-refractivity contribution in [2.75, 3.05) is 12.0 Å². The Morgan fingerprint density at radius 1 is 1.04 bits per heavy atom. The second kappa shape index (κ2) is 7.32. The van der Waals surface area contributed by atoms with Gasteiger partial charge in [-0.25, -0.2) is 0 Å². The monoisotopic (exact) mass is 380 g/mol. The summed E-state index contributed by atoms with van der Waals surface area (Å²) in [5.74, 6) is -0.196. The van der Waals surface area contributed by atoms with Gasteiger partial charge in [-0.15, -0.1) is 0 Å². The van der Waals surface area contributed by atoms with Crippen molar-refractivity contribution in [2.45, 2.75) is 20.8 Å². The zero-order valence-electron chi connectivity index (χ0n) is 15.6. The average molecular weight is 380 g/mol. The summed E-state index contributed by atoms with van der Waals surface area (Å²) in [5, 5.41) is 2.70. The molecule has 138 valence electrons. The Morgan fingerprint density at radius 2 is 1.78 bits per heavy atom. The van der Waals surface area contributed by atoms with Crippen LogP contribution in [0.1, 0.15) is 22.3 Å². The number of rotatable bonds is 3. The van der Waals surface area contributed by atoms with Crippen LogP contribution in [0.25, 0.3) is 6.08 Å². The van der Waals surface area contributed by atoms with Gasteiger partial charge in [-0.2, -0.15) is 0 Å². The quantitative estimate of drug-likeness (QED) is 0.503. The molecule has 0 aromatic heterocycles. The highest BCUT2D eigenvalue weighted by Crippen LogP contribution is 2.27. The van der Waals surface area contributed by atoms with E-state index in [0.29, 0.717) is 5.69 Å². The molecule has 1 N–H and O–H groups in total. The van der Waals surface area contributed by atoms with E-state index in [1.807, 2.05) is 45.0 Å². The molecule has 5 nitrogen and oxygen atoms in total. The topological polar surface area (TPSA) is 58.6 Å². The number of hydrogen-bond donors (Lipinski definition) is 1. The first-order valence-corrected chi connectivity index (χ1v) is 8.86. The maximum atomic E-state index is 13.1. The van der Waals surface area contributed by atoms with E-state index in [1.54, 1.807) is 25.3 Å². The maximum absolute atomic E-state index is 13.1. The molecule has 0 atom stereocenters. The fourth-order valence-corrected chi connectivity index (χ4v) is 3.36. The molecule has 0 spiro atoms. The van der Waals surface area contributed by atoms with Crippen LogP contribution in [0, 0.1) is 20.8 Å². The number of carbonyl (C=O) groups is 2. The maximum Gasteiger partial charge on any atom is 0.270 e. The smallest absolute Gasteiger partial charge is 0.270 e. The van der Waals surface area contributed by atoms with Gasteiger partial charge in [-0.1, -0.05) is 23.8 Å². The van der Waals surface area contributed by atoms with Gasteiger partial charge < -0.3 is 4.74 Å². The van der Waals surface area contributed by atoms with Crippen LogP contribution in [0.15, 0.2) is 42.0 Å². The van der Waals surface area contributed by atoms with E-state index >= 15 is 0 Å². The van der Waals surface area contributed by atoms with Gasteiger partial charge in [0, 0.05) is 0 Å². The molecule has 1 heterocycles. The number of nitrogens with zero attached hydrogens (tertiary/aromatic N) is 1. The summed E-state index contributed by atoms with van der Waals surface area (Å²) < 4.78 is 5.25. The highest BCUT2D eigenvalue weighted by atomic mass is 32.1. The first-order valence-electron chi connectivity index (χ1n) is 8.45. The summed E-state index contributed by atoms with van der Waals surface area (Å²) in [7, 11) is 1.60. The van der Waals surface area contributed by atoms with Gasteiger partial charge in [-0.05, 0) is 74.0 Å². The first-order chi connectivity index (χ1) is 12.8. The summed E-state index contributed by atoms with van der Waals surface area (Å²) in [5.41, 5.74) is 4.33. The zero-order valence-corrected chi connectivity index (χ0v) is 16.4.